The van der Waals surface area contributed by atoms with Crippen LogP contribution in [0.2, 0.25) is 0 Å². The van der Waals surface area contributed by atoms with Crippen molar-refractivity contribution in [2.24, 2.45) is 42.1 Å². The number of carbonyl (C=O) groups is 4. The number of rotatable bonds is 4. The maximum absolute atomic E-state index is 12.8. The highest BCUT2D eigenvalue weighted by Gasteiger charge is 2.74. The van der Waals surface area contributed by atoms with Crippen LogP contribution in [0.25, 0.3) is 41.8 Å². The highest BCUT2D eigenvalue weighted by atomic mass is 16.2. The Morgan fingerprint density at radius 3 is 0.767 bits per heavy atom. The van der Waals surface area contributed by atoms with Crippen LogP contribution < -0.4 is 0 Å². The smallest absolute Gasteiger partial charge is 0.225 e. The lowest BCUT2D eigenvalue weighted by Gasteiger charge is -2.67. The topological polar surface area (TPSA) is 263 Å². The van der Waals surface area contributed by atoms with Crippen LogP contribution in [-0.4, -0.2) is 23.6 Å². The first-order valence-electron chi connectivity index (χ1n) is 8.55. The lowest BCUT2D eigenvalue weighted by Crippen LogP contribution is -2.67. The predicted octanol–water partition coefficient (Wildman–Crippen LogP) is 3.66. The average molecular weight is 412 g/mol. The highest BCUT2D eigenvalue weighted by Crippen LogP contribution is 2.75. The quantitative estimate of drug-likeness (QED) is 0.379. The van der Waals surface area contributed by atoms with Gasteiger partial charge in [-0.15, -0.1) is 0 Å². The van der Waals surface area contributed by atoms with Crippen molar-refractivity contribution in [3.05, 3.63) is 41.8 Å². The number of amides is 4. The molecule has 4 amide bonds. The standard InChI is InChI=1S/C14H12N12O4/c15-23-19-7(27)11-1-12(8(28)20-24-16)4-13(2-11,9(29)21-25-17)6-14(3-11,5-12)10(30)22-26-18/h1-6H2. The monoisotopic (exact) mass is 412 g/mol. The third-order valence-corrected chi connectivity index (χ3v) is 6.42. The van der Waals surface area contributed by atoms with Gasteiger partial charge in [0.1, 0.15) is 0 Å². The predicted molar refractivity (Wildman–Crippen MR) is 94.0 cm³/mol. The summed E-state index contributed by atoms with van der Waals surface area (Å²) in [6, 6.07) is 0. The second kappa shape index (κ2) is 6.76. The minimum Gasteiger partial charge on any atom is -0.292 e. The van der Waals surface area contributed by atoms with Gasteiger partial charge in [0.25, 0.3) is 0 Å². The zero-order valence-corrected chi connectivity index (χ0v) is 15.2. The first-order chi connectivity index (χ1) is 14.2. The fraction of sp³-hybridized carbons (Fsp3) is 0.714. The first kappa shape index (κ1) is 20.6. The van der Waals surface area contributed by atoms with Crippen molar-refractivity contribution < 1.29 is 19.2 Å². The van der Waals surface area contributed by atoms with Gasteiger partial charge < -0.3 is 0 Å². The van der Waals surface area contributed by atoms with E-state index in [1.165, 1.54) is 0 Å². The Kier molecular flexibility index (Phi) is 4.65. The van der Waals surface area contributed by atoms with Crippen molar-refractivity contribution in [1.82, 2.24) is 0 Å². The van der Waals surface area contributed by atoms with Gasteiger partial charge in [0, 0.05) is 41.3 Å². The fourth-order valence-corrected chi connectivity index (χ4v) is 6.13. The van der Waals surface area contributed by atoms with Crippen molar-refractivity contribution in [1.29, 1.82) is 0 Å². The summed E-state index contributed by atoms with van der Waals surface area (Å²) >= 11 is 0. The molecule has 0 saturated heterocycles. The summed E-state index contributed by atoms with van der Waals surface area (Å²) in [6.07, 6.45) is -1.38. The minimum absolute atomic E-state index is 0.230. The van der Waals surface area contributed by atoms with Crippen LogP contribution in [-0.2, 0) is 19.2 Å². The summed E-state index contributed by atoms with van der Waals surface area (Å²) in [6.45, 7) is 0. The maximum atomic E-state index is 12.8. The molecular formula is C14H12N12O4. The molecule has 0 radical (unpaired) electrons. The Morgan fingerprint density at radius 2 is 0.633 bits per heavy atom. The van der Waals surface area contributed by atoms with Crippen molar-refractivity contribution >= 4 is 23.6 Å². The van der Waals surface area contributed by atoms with Crippen molar-refractivity contribution in [3.63, 3.8) is 0 Å². The molecule has 0 aliphatic heterocycles. The maximum Gasteiger partial charge on any atom is 0.225 e. The van der Waals surface area contributed by atoms with Crippen LogP contribution >= 0.6 is 0 Å². The average Bonchev–Trinajstić information content (AvgIpc) is 2.68. The van der Waals surface area contributed by atoms with Crippen LogP contribution in [0.1, 0.15) is 38.5 Å². The molecule has 152 valence electrons. The van der Waals surface area contributed by atoms with Crippen molar-refractivity contribution in [2.45, 2.75) is 38.5 Å². The molecule has 0 unspecified atom stereocenters. The number of azide groups is 4. The molecular weight excluding hydrogens is 400 g/mol. The van der Waals surface area contributed by atoms with Crippen LogP contribution in [0.15, 0.2) is 20.5 Å². The van der Waals surface area contributed by atoms with E-state index in [0.29, 0.717) is 0 Å². The van der Waals surface area contributed by atoms with E-state index in [0.717, 1.165) is 0 Å². The largest absolute Gasteiger partial charge is 0.292 e. The molecule has 0 N–H and O–H groups in total. The highest BCUT2D eigenvalue weighted by molar-refractivity contribution is 5.97. The fourth-order valence-electron chi connectivity index (χ4n) is 6.13. The van der Waals surface area contributed by atoms with Crippen LogP contribution in [0.5, 0.6) is 0 Å². The van der Waals surface area contributed by atoms with E-state index in [2.05, 4.69) is 40.1 Å². The molecule has 0 aromatic heterocycles. The van der Waals surface area contributed by atoms with E-state index in [-0.39, 0.29) is 38.5 Å². The van der Waals surface area contributed by atoms with E-state index < -0.39 is 45.3 Å². The van der Waals surface area contributed by atoms with Crippen molar-refractivity contribution in [3.8, 4) is 0 Å². The molecule has 16 nitrogen and oxygen atoms in total. The summed E-state index contributed by atoms with van der Waals surface area (Å²) in [4.78, 5) is 61.1. The molecule has 0 heterocycles. The zero-order chi connectivity index (χ0) is 22.2. The molecule has 0 spiro atoms. The summed E-state index contributed by atoms with van der Waals surface area (Å²) in [5, 5.41) is 12.5. The second-order valence-electron chi connectivity index (χ2n) is 8.16. The van der Waals surface area contributed by atoms with E-state index in [1.54, 1.807) is 0 Å². The summed E-state index contributed by atoms with van der Waals surface area (Å²) in [7, 11) is 0. The molecule has 4 aliphatic rings. The van der Waals surface area contributed by atoms with E-state index in [1.807, 2.05) is 0 Å². The Bertz CT molecular complexity index is 879. The molecule has 16 heteroatoms. The van der Waals surface area contributed by atoms with Gasteiger partial charge in [-0.25, -0.2) is 0 Å². The molecule has 0 aromatic carbocycles. The van der Waals surface area contributed by atoms with Gasteiger partial charge in [0.15, 0.2) is 0 Å². The molecule has 0 aromatic rings. The van der Waals surface area contributed by atoms with Crippen molar-refractivity contribution in [2.75, 3.05) is 0 Å². The van der Waals surface area contributed by atoms with Gasteiger partial charge in [0.2, 0.25) is 23.6 Å². The number of carbonyl (C=O) groups excluding carboxylic acids is 4. The molecule has 4 aliphatic carbocycles. The van der Waals surface area contributed by atoms with Gasteiger partial charge in [-0.3, -0.25) is 19.2 Å². The molecule has 4 bridgehead atoms. The van der Waals surface area contributed by atoms with E-state index in [9.17, 15) is 19.2 Å². The van der Waals surface area contributed by atoms with Crippen LogP contribution in [0, 0.1) is 21.7 Å². The minimum atomic E-state index is -1.64. The van der Waals surface area contributed by atoms with Gasteiger partial charge in [-0.05, 0) is 81.1 Å². The lowest BCUT2D eigenvalue weighted by atomic mass is 9.34. The molecule has 4 fully saturated rings. The Hall–Kier alpha value is -4.08. The third-order valence-electron chi connectivity index (χ3n) is 6.42. The lowest BCUT2D eigenvalue weighted by molar-refractivity contribution is -0.203. The normalized spacial score (nSPS) is 34.9. The first-order valence-corrected chi connectivity index (χ1v) is 8.55. The number of nitrogens with zero attached hydrogens (tertiary/aromatic N) is 12. The van der Waals surface area contributed by atoms with Gasteiger partial charge in [-0.1, -0.05) is 0 Å². The van der Waals surface area contributed by atoms with E-state index >= 15 is 0 Å². The Balaban J connectivity index is 2.34. The zero-order valence-electron chi connectivity index (χ0n) is 15.2. The molecule has 4 saturated carbocycles. The number of hydrogen-bond donors (Lipinski definition) is 0. The second-order valence-corrected chi connectivity index (χ2v) is 8.16. The third kappa shape index (κ3) is 2.72. The summed E-state index contributed by atoms with van der Waals surface area (Å²) in [5.74, 6) is -4.01. The summed E-state index contributed by atoms with van der Waals surface area (Å²) in [5.41, 5.74) is 28.4. The SMILES string of the molecule is [N-]=[N+]=NC(=O)C12CC3(C(=O)N=[N+]=[N-])CC(C(=O)N=[N+]=[N-])(C1)CC(C(=O)N=[N+]=[N-])(C2)C3. The molecule has 4 rings (SSSR count). The van der Waals surface area contributed by atoms with E-state index in [4.69, 9.17) is 22.1 Å². The number of hydrogen-bond acceptors (Lipinski definition) is 4. The van der Waals surface area contributed by atoms with Crippen LogP contribution in [0.3, 0.4) is 0 Å². The van der Waals surface area contributed by atoms with Crippen LogP contribution in [0.4, 0.5) is 0 Å². The summed E-state index contributed by atoms with van der Waals surface area (Å²) < 4.78 is 0. The van der Waals surface area contributed by atoms with Gasteiger partial charge >= 0.3 is 0 Å². The Morgan fingerprint density at radius 1 is 0.467 bits per heavy atom. The molecule has 0 atom stereocenters. The van der Waals surface area contributed by atoms with Gasteiger partial charge in [-0.2, -0.15) is 0 Å². The van der Waals surface area contributed by atoms with Gasteiger partial charge in [0.05, 0.1) is 0 Å². The molecule has 30 heavy (non-hydrogen) atoms. The Labute approximate surface area is 166 Å².